The van der Waals surface area contributed by atoms with Gasteiger partial charge in [-0.3, -0.25) is 4.79 Å². The maximum Gasteiger partial charge on any atom is 0.319 e. The Bertz CT molecular complexity index is 1030. The normalized spacial score (nSPS) is 10.4. The maximum atomic E-state index is 12.1. The van der Waals surface area contributed by atoms with Crippen molar-refractivity contribution in [2.45, 2.75) is 20.3 Å². The van der Waals surface area contributed by atoms with Crippen LogP contribution in [0.5, 0.6) is 5.75 Å². The van der Waals surface area contributed by atoms with Crippen molar-refractivity contribution in [2.24, 2.45) is 0 Å². The van der Waals surface area contributed by atoms with Crippen molar-refractivity contribution in [3.8, 4) is 17.2 Å². The smallest absolute Gasteiger partial charge is 0.319 e. The summed E-state index contributed by atoms with van der Waals surface area (Å²) >= 11 is 0. The van der Waals surface area contributed by atoms with Gasteiger partial charge in [-0.05, 0) is 31.2 Å². The number of anilines is 2. The third kappa shape index (κ3) is 5.60. The number of oxazole rings is 1. The Morgan fingerprint density at radius 2 is 1.87 bits per heavy atom. The van der Waals surface area contributed by atoms with Gasteiger partial charge in [0.15, 0.2) is 0 Å². The van der Waals surface area contributed by atoms with E-state index in [1.807, 2.05) is 31.2 Å². The van der Waals surface area contributed by atoms with E-state index < -0.39 is 0 Å². The Morgan fingerprint density at radius 3 is 2.57 bits per heavy atom. The summed E-state index contributed by atoms with van der Waals surface area (Å²) in [6.45, 7) is 3.83. The third-order valence-corrected chi connectivity index (χ3v) is 4.29. The van der Waals surface area contributed by atoms with Crippen LogP contribution in [0.25, 0.3) is 11.5 Å². The highest BCUT2D eigenvalue weighted by atomic mass is 16.5. The Kier molecular flexibility index (Phi) is 6.69. The summed E-state index contributed by atoms with van der Waals surface area (Å²) in [5, 5.41) is 8.18. The molecule has 8 nitrogen and oxygen atoms in total. The fraction of sp³-hybridized carbons (Fsp3) is 0.227. The Morgan fingerprint density at radius 1 is 1.10 bits per heavy atom. The molecule has 0 fully saturated rings. The second kappa shape index (κ2) is 9.60. The average molecular weight is 408 g/mol. The fourth-order valence-corrected chi connectivity index (χ4v) is 2.79. The number of aryl methyl sites for hydroxylation is 1. The van der Waals surface area contributed by atoms with Crippen molar-refractivity contribution in [2.75, 3.05) is 24.3 Å². The molecule has 0 saturated carbocycles. The number of urea groups is 1. The van der Waals surface area contributed by atoms with Crippen molar-refractivity contribution in [1.82, 2.24) is 10.3 Å². The minimum absolute atomic E-state index is 0.204. The predicted octanol–water partition coefficient (Wildman–Crippen LogP) is 3.98. The summed E-state index contributed by atoms with van der Waals surface area (Å²) in [4.78, 5) is 27.8. The molecular weight excluding hydrogens is 384 g/mol. The van der Waals surface area contributed by atoms with Crippen LogP contribution in [-0.4, -0.2) is 30.6 Å². The lowest BCUT2D eigenvalue weighted by Gasteiger charge is -2.12. The zero-order valence-electron chi connectivity index (χ0n) is 17.1. The van der Waals surface area contributed by atoms with E-state index >= 15 is 0 Å². The SMILES string of the molecule is COc1cc(NC(=O)NCCc2coc(-c3ccc(C)cc3)n2)ccc1NC(C)=O. The van der Waals surface area contributed by atoms with Crippen LogP contribution in [0.15, 0.2) is 53.1 Å². The number of methoxy groups -OCH3 is 1. The lowest BCUT2D eigenvalue weighted by molar-refractivity contribution is -0.114. The molecule has 0 aliphatic heterocycles. The van der Waals surface area contributed by atoms with E-state index in [-0.39, 0.29) is 11.9 Å². The maximum absolute atomic E-state index is 12.1. The average Bonchev–Trinajstić information content (AvgIpc) is 3.18. The van der Waals surface area contributed by atoms with Crippen molar-refractivity contribution in [1.29, 1.82) is 0 Å². The lowest BCUT2D eigenvalue weighted by atomic mass is 10.1. The predicted molar refractivity (Wildman–Crippen MR) is 115 cm³/mol. The number of carbonyl (C=O) groups is 2. The molecule has 1 heterocycles. The number of nitrogens with zero attached hydrogens (tertiary/aromatic N) is 1. The van der Waals surface area contributed by atoms with Crippen molar-refractivity contribution in [3.05, 3.63) is 60.0 Å². The number of benzene rings is 2. The number of aromatic nitrogens is 1. The number of rotatable bonds is 7. The molecular formula is C22H24N4O4. The standard InChI is InChI=1S/C22H24N4O4/c1-14-4-6-16(7-5-14)21-25-18(13-30-21)10-11-23-22(28)26-17-8-9-19(24-15(2)27)20(12-17)29-3/h4-9,12-13H,10-11H2,1-3H3,(H,24,27)(H2,23,26,28). The van der Waals surface area contributed by atoms with Crippen LogP contribution in [0.2, 0.25) is 0 Å². The van der Waals surface area contributed by atoms with Crippen LogP contribution in [0.3, 0.4) is 0 Å². The number of carbonyl (C=O) groups excluding carboxylic acids is 2. The molecule has 2 aromatic carbocycles. The number of hydrogen-bond donors (Lipinski definition) is 3. The highest BCUT2D eigenvalue weighted by molar-refractivity contribution is 5.93. The summed E-state index contributed by atoms with van der Waals surface area (Å²) in [5.74, 6) is 0.806. The number of ether oxygens (including phenoxy) is 1. The fourth-order valence-electron chi connectivity index (χ4n) is 2.79. The molecule has 0 saturated heterocycles. The van der Waals surface area contributed by atoms with Crippen LogP contribution in [0, 0.1) is 6.92 Å². The largest absolute Gasteiger partial charge is 0.494 e. The molecule has 0 spiro atoms. The molecule has 3 rings (SSSR count). The molecule has 3 N–H and O–H groups in total. The van der Waals surface area contributed by atoms with E-state index in [1.165, 1.54) is 19.6 Å². The summed E-state index contributed by atoms with van der Waals surface area (Å²) in [6, 6.07) is 12.6. The molecule has 1 aromatic heterocycles. The quantitative estimate of drug-likeness (QED) is 0.548. The summed E-state index contributed by atoms with van der Waals surface area (Å²) in [7, 11) is 1.49. The van der Waals surface area contributed by atoms with Gasteiger partial charge >= 0.3 is 6.03 Å². The molecule has 0 bridgehead atoms. The van der Waals surface area contributed by atoms with Crippen LogP contribution in [0.1, 0.15) is 18.2 Å². The topological polar surface area (TPSA) is 105 Å². The van der Waals surface area contributed by atoms with E-state index in [2.05, 4.69) is 20.9 Å². The minimum Gasteiger partial charge on any atom is -0.494 e. The van der Waals surface area contributed by atoms with Crippen molar-refractivity contribution < 1.29 is 18.7 Å². The van der Waals surface area contributed by atoms with Gasteiger partial charge in [-0.1, -0.05) is 17.7 Å². The minimum atomic E-state index is -0.355. The first-order chi connectivity index (χ1) is 14.4. The third-order valence-electron chi connectivity index (χ3n) is 4.29. The van der Waals surface area contributed by atoms with E-state index in [0.717, 1.165) is 11.3 Å². The van der Waals surface area contributed by atoms with Gasteiger partial charge in [0, 0.05) is 37.2 Å². The molecule has 3 amide bonds. The first kappa shape index (κ1) is 20.9. The number of hydrogen-bond acceptors (Lipinski definition) is 5. The van der Waals surface area contributed by atoms with Gasteiger partial charge in [-0.15, -0.1) is 0 Å². The van der Waals surface area contributed by atoms with Crippen LogP contribution in [0.4, 0.5) is 16.2 Å². The molecule has 8 heteroatoms. The summed E-state index contributed by atoms with van der Waals surface area (Å²) in [6.07, 6.45) is 2.13. The molecule has 0 unspecified atom stereocenters. The van der Waals surface area contributed by atoms with Gasteiger partial charge in [-0.25, -0.2) is 9.78 Å². The van der Waals surface area contributed by atoms with E-state index in [4.69, 9.17) is 9.15 Å². The number of nitrogens with one attached hydrogen (secondary N) is 3. The van der Waals surface area contributed by atoms with Gasteiger partial charge in [-0.2, -0.15) is 0 Å². The zero-order valence-corrected chi connectivity index (χ0v) is 17.1. The van der Waals surface area contributed by atoms with Gasteiger partial charge < -0.3 is 25.1 Å². The molecule has 0 radical (unpaired) electrons. The second-order valence-corrected chi connectivity index (χ2v) is 6.74. The van der Waals surface area contributed by atoms with Gasteiger partial charge in [0.05, 0.1) is 18.5 Å². The van der Waals surface area contributed by atoms with Gasteiger partial charge in [0.2, 0.25) is 11.8 Å². The van der Waals surface area contributed by atoms with Crippen LogP contribution < -0.4 is 20.7 Å². The van der Waals surface area contributed by atoms with Crippen molar-refractivity contribution >= 4 is 23.3 Å². The van der Waals surface area contributed by atoms with Crippen molar-refractivity contribution in [3.63, 3.8) is 0 Å². The second-order valence-electron chi connectivity index (χ2n) is 6.74. The molecule has 3 aromatic rings. The molecule has 0 atom stereocenters. The molecule has 30 heavy (non-hydrogen) atoms. The Balaban J connectivity index is 1.50. The van der Waals surface area contributed by atoms with Gasteiger partial charge in [0.25, 0.3) is 0 Å². The van der Waals surface area contributed by atoms with E-state index in [1.54, 1.807) is 24.5 Å². The lowest BCUT2D eigenvalue weighted by Crippen LogP contribution is -2.30. The molecule has 0 aliphatic rings. The van der Waals surface area contributed by atoms with Crippen LogP contribution >= 0.6 is 0 Å². The molecule has 0 aliphatic carbocycles. The first-order valence-electron chi connectivity index (χ1n) is 9.46. The Labute approximate surface area is 174 Å². The van der Waals surface area contributed by atoms with Crippen LogP contribution in [-0.2, 0) is 11.2 Å². The van der Waals surface area contributed by atoms with E-state index in [0.29, 0.717) is 36.0 Å². The highest BCUT2D eigenvalue weighted by Gasteiger charge is 2.09. The van der Waals surface area contributed by atoms with E-state index in [9.17, 15) is 9.59 Å². The Hall–Kier alpha value is -3.81. The highest BCUT2D eigenvalue weighted by Crippen LogP contribution is 2.28. The number of amides is 3. The first-order valence-corrected chi connectivity index (χ1v) is 9.46. The van der Waals surface area contributed by atoms with Gasteiger partial charge in [0.1, 0.15) is 12.0 Å². The molecule has 156 valence electrons. The monoisotopic (exact) mass is 408 g/mol. The summed E-state index contributed by atoms with van der Waals surface area (Å²) in [5.41, 5.74) is 3.91. The summed E-state index contributed by atoms with van der Waals surface area (Å²) < 4.78 is 10.8. The zero-order chi connectivity index (χ0) is 21.5.